The van der Waals surface area contributed by atoms with E-state index in [0.717, 1.165) is 32.1 Å². The Kier molecular flexibility index (Phi) is 6.83. The molecule has 28 heavy (non-hydrogen) atoms. The standard InChI is InChI=1S/C21H30N4O2.ClH/c22-18-10-15-6-3-7-16(11-18)20(15)24-19(26)12-23-21(27)25-9-8-14-4-1-2-5-17(14)13-25;/h1-2,4-5,15-16,18,20H,3,6-13,22H2,(H,23,27)(H,24,26);1H. The molecule has 1 aromatic rings. The van der Waals surface area contributed by atoms with Crippen LogP contribution in [-0.4, -0.2) is 42.0 Å². The van der Waals surface area contributed by atoms with Gasteiger partial charge in [-0.05, 0) is 55.1 Å². The molecule has 2 saturated carbocycles. The zero-order valence-corrected chi connectivity index (χ0v) is 17.0. The van der Waals surface area contributed by atoms with Crippen LogP contribution in [-0.2, 0) is 17.8 Å². The van der Waals surface area contributed by atoms with Gasteiger partial charge in [-0.15, -0.1) is 12.4 Å². The highest BCUT2D eigenvalue weighted by Gasteiger charge is 2.39. The van der Waals surface area contributed by atoms with Gasteiger partial charge in [0.2, 0.25) is 5.91 Å². The molecule has 0 saturated heterocycles. The first-order chi connectivity index (χ1) is 13.1. The number of amides is 3. The van der Waals surface area contributed by atoms with Crippen molar-refractivity contribution in [3.8, 4) is 0 Å². The van der Waals surface area contributed by atoms with Crippen molar-refractivity contribution in [3.63, 3.8) is 0 Å². The lowest BCUT2D eigenvalue weighted by atomic mass is 9.67. The van der Waals surface area contributed by atoms with Crippen molar-refractivity contribution in [1.82, 2.24) is 15.5 Å². The van der Waals surface area contributed by atoms with Gasteiger partial charge < -0.3 is 21.3 Å². The molecule has 3 aliphatic rings. The topological polar surface area (TPSA) is 87.5 Å². The molecule has 0 aromatic heterocycles. The van der Waals surface area contributed by atoms with E-state index in [0.29, 0.717) is 24.9 Å². The number of nitrogens with two attached hydrogens (primary N) is 1. The summed E-state index contributed by atoms with van der Waals surface area (Å²) in [4.78, 5) is 26.7. The maximum atomic E-state index is 12.5. The molecule has 3 amide bonds. The third-order valence-corrected chi connectivity index (χ3v) is 6.52. The Morgan fingerprint density at radius 3 is 2.50 bits per heavy atom. The lowest BCUT2D eigenvalue weighted by Crippen LogP contribution is -2.55. The second-order valence-electron chi connectivity index (χ2n) is 8.37. The predicted octanol–water partition coefficient (Wildman–Crippen LogP) is 2.20. The Morgan fingerprint density at radius 2 is 1.79 bits per heavy atom. The molecule has 0 radical (unpaired) electrons. The molecular weight excluding hydrogens is 376 g/mol. The average Bonchev–Trinajstić information content (AvgIpc) is 2.66. The number of benzene rings is 1. The van der Waals surface area contributed by atoms with Crippen LogP contribution in [0.1, 0.15) is 43.2 Å². The van der Waals surface area contributed by atoms with Crippen molar-refractivity contribution in [2.45, 2.75) is 57.2 Å². The van der Waals surface area contributed by atoms with Crippen LogP contribution < -0.4 is 16.4 Å². The molecule has 0 spiro atoms. The van der Waals surface area contributed by atoms with Crippen LogP contribution in [0.3, 0.4) is 0 Å². The summed E-state index contributed by atoms with van der Waals surface area (Å²) in [5.74, 6) is 0.898. The Balaban J connectivity index is 0.00000225. The van der Waals surface area contributed by atoms with Gasteiger partial charge in [0, 0.05) is 25.2 Å². The highest BCUT2D eigenvalue weighted by molar-refractivity contribution is 5.85. The number of nitrogens with one attached hydrogen (secondary N) is 2. The number of nitrogens with zero attached hydrogens (tertiary/aromatic N) is 1. The quantitative estimate of drug-likeness (QED) is 0.719. The summed E-state index contributed by atoms with van der Waals surface area (Å²) >= 11 is 0. The van der Waals surface area contributed by atoms with Crippen LogP contribution >= 0.6 is 12.4 Å². The van der Waals surface area contributed by atoms with Crippen LogP contribution in [0.5, 0.6) is 0 Å². The zero-order chi connectivity index (χ0) is 18.8. The second-order valence-corrected chi connectivity index (χ2v) is 8.37. The normalized spacial score (nSPS) is 28.5. The van der Waals surface area contributed by atoms with Gasteiger partial charge in [0.25, 0.3) is 0 Å². The van der Waals surface area contributed by atoms with Crippen molar-refractivity contribution in [2.75, 3.05) is 13.1 Å². The van der Waals surface area contributed by atoms with Crippen molar-refractivity contribution >= 4 is 24.3 Å². The summed E-state index contributed by atoms with van der Waals surface area (Å²) in [6.45, 7) is 1.34. The monoisotopic (exact) mass is 406 g/mol. The van der Waals surface area contributed by atoms with Gasteiger partial charge in [-0.25, -0.2) is 4.79 Å². The fraction of sp³-hybridized carbons (Fsp3) is 0.619. The van der Waals surface area contributed by atoms with Crippen LogP contribution in [0.2, 0.25) is 0 Å². The van der Waals surface area contributed by atoms with Gasteiger partial charge in [-0.2, -0.15) is 0 Å². The summed E-state index contributed by atoms with van der Waals surface area (Å²) in [5.41, 5.74) is 8.65. The highest BCUT2D eigenvalue weighted by Crippen LogP contribution is 2.39. The minimum absolute atomic E-state index is 0. The van der Waals surface area contributed by atoms with Gasteiger partial charge in [0.1, 0.15) is 0 Å². The van der Waals surface area contributed by atoms with E-state index in [1.807, 2.05) is 12.1 Å². The predicted molar refractivity (Wildman–Crippen MR) is 111 cm³/mol. The smallest absolute Gasteiger partial charge is 0.318 e. The number of fused-ring (bicyclic) bond motifs is 3. The van der Waals surface area contributed by atoms with Crippen molar-refractivity contribution in [1.29, 1.82) is 0 Å². The fourth-order valence-electron chi connectivity index (χ4n) is 5.20. The molecule has 154 valence electrons. The molecule has 4 rings (SSSR count). The molecule has 2 unspecified atom stereocenters. The van der Waals surface area contributed by atoms with E-state index in [-0.39, 0.29) is 43.0 Å². The van der Waals surface area contributed by atoms with Gasteiger partial charge in [-0.1, -0.05) is 30.7 Å². The Bertz CT molecular complexity index is 699. The highest BCUT2D eigenvalue weighted by atomic mass is 35.5. The SMILES string of the molecule is Cl.NC1CC2CCCC(C1)C2NC(=O)CNC(=O)N1CCc2ccccc2C1. The molecule has 1 aliphatic heterocycles. The maximum absolute atomic E-state index is 12.5. The number of hydrogen-bond acceptors (Lipinski definition) is 3. The van der Waals surface area contributed by atoms with E-state index < -0.39 is 0 Å². The molecule has 7 heteroatoms. The number of halogens is 1. The van der Waals surface area contributed by atoms with Crippen LogP contribution in [0, 0.1) is 11.8 Å². The third kappa shape index (κ3) is 4.61. The van der Waals surface area contributed by atoms with E-state index >= 15 is 0 Å². The molecule has 2 aliphatic carbocycles. The molecule has 2 atom stereocenters. The Morgan fingerprint density at radius 1 is 1.11 bits per heavy atom. The summed E-state index contributed by atoms with van der Waals surface area (Å²) < 4.78 is 0. The van der Waals surface area contributed by atoms with Crippen LogP contribution in [0.4, 0.5) is 4.79 Å². The van der Waals surface area contributed by atoms with E-state index in [4.69, 9.17) is 5.73 Å². The summed E-state index contributed by atoms with van der Waals surface area (Å²) in [6.07, 6.45) is 6.40. The summed E-state index contributed by atoms with van der Waals surface area (Å²) in [5, 5.41) is 5.98. The lowest BCUT2D eigenvalue weighted by Gasteiger charge is -2.45. The summed E-state index contributed by atoms with van der Waals surface area (Å²) in [6, 6.07) is 8.55. The average molecular weight is 407 g/mol. The van der Waals surface area contributed by atoms with Gasteiger partial charge >= 0.3 is 6.03 Å². The lowest BCUT2D eigenvalue weighted by molar-refractivity contribution is -0.122. The first kappa shape index (κ1) is 20.9. The minimum atomic E-state index is -0.162. The molecule has 2 fully saturated rings. The van der Waals surface area contributed by atoms with Gasteiger partial charge in [-0.3, -0.25) is 4.79 Å². The molecule has 1 heterocycles. The van der Waals surface area contributed by atoms with E-state index in [1.54, 1.807) is 4.90 Å². The minimum Gasteiger partial charge on any atom is -0.351 e. The van der Waals surface area contributed by atoms with Crippen LogP contribution in [0.25, 0.3) is 0 Å². The molecule has 2 bridgehead atoms. The zero-order valence-electron chi connectivity index (χ0n) is 16.2. The van der Waals surface area contributed by atoms with Crippen molar-refractivity contribution in [2.24, 2.45) is 17.6 Å². The van der Waals surface area contributed by atoms with Crippen molar-refractivity contribution < 1.29 is 9.59 Å². The first-order valence-electron chi connectivity index (χ1n) is 10.2. The van der Waals surface area contributed by atoms with E-state index in [9.17, 15) is 9.59 Å². The molecule has 1 aromatic carbocycles. The molecule has 4 N–H and O–H groups in total. The Hall–Kier alpha value is -1.79. The van der Waals surface area contributed by atoms with Gasteiger partial charge in [0.05, 0.1) is 6.54 Å². The Labute approximate surface area is 173 Å². The second kappa shape index (κ2) is 9.14. The first-order valence-corrected chi connectivity index (χ1v) is 10.2. The number of carbonyl (C=O) groups excluding carboxylic acids is 2. The molecular formula is C21H31ClN4O2. The van der Waals surface area contributed by atoms with E-state index in [2.05, 4.69) is 22.8 Å². The number of carbonyl (C=O) groups is 2. The molecule has 6 nitrogen and oxygen atoms in total. The van der Waals surface area contributed by atoms with Gasteiger partial charge in [0.15, 0.2) is 0 Å². The number of rotatable bonds is 3. The summed E-state index contributed by atoms with van der Waals surface area (Å²) in [7, 11) is 0. The number of hydrogen-bond donors (Lipinski definition) is 3. The fourth-order valence-corrected chi connectivity index (χ4v) is 5.20. The largest absolute Gasteiger partial charge is 0.351 e. The van der Waals surface area contributed by atoms with Crippen LogP contribution in [0.15, 0.2) is 24.3 Å². The maximum Gasteiger partial charge on any atom is 0.318 e. The third-order valence-electron chi connectivity index (χ3n) is 6.52. The number of urea groups is 1. The van der Waals surface area contributed by atoms with E-state index in [1.165, 1.54) is 17.5 Å². The van der Waals surface area contributed by atoms with Crippen molar-refractivity contribution in [3.05, 3.63) is 35.4 Å².